The molecule has 26 heavy (non-hydrogen) atoms. The molecule has 0 bridgehead atoms. The van der Waals surface area contributed by atoms with Gasteiger partial charge in [0.15, 0.2) is 0 Å². The SMILES string of the molecule is CSC/C=C(\CO)Nc1nc(Nc2ccc(S(N)(=O)=O)cc2)ncc1Br. The van der Waals surface area contributed by atoms with Gasteiger partial charge in [-0.25, -0.2) is 18.5 Å². The van der Waals surface area contributed by atoms with Crippen LogP contribution in [0.3, 0.4) is 0 Å². The number of hydrogen-bond acceptors (Lipinski definition) is 8. The first kappa shape index (κ1) is 20.6. The lowest BCUT2D eigenvalue weighted by Crippen LogP contribution is -2.12. The van der Waals surface area contributed by atoms with E-state index in [0.717, 1.165) is 5.75 Å². The maximum absolute atomic E-state index is 11.3. The molecule has 0 radical (unpaired) electrons. The van der Waals surface area contributed by atoms with E-state index in [-0.39, 0.29) is 11.5 Å². The van der Waals surface area contributed by atoms with Gasteiger partial charge in [-0.3, -0.25) is 0 Å². The fourth-order valence-corrected chi connectivity index (χ4v) is 3.04. The summed E-state index contributed by atoms with van der Waals surface area (Å²) in [5.74, 6) is 1.55. The van der Waals surface area contributed by atoms with E-state index in [2.05, 4.69) is 36.5 Å². The Kier molecular flexibility index (Phi) is 7.41. The molecule has 2 aromatic rings. The summed E-state index contributed by atoms with van der Waals surface area (Å²) < 4.78 is 23.2. The Bertz CT molecular complexity index is 889. The Hall–Kier alpha value is -1.66. The molecule has 1 aromatic carbocycles. The van der Waals surface area contributed by atoms with E-state index in [1.807, 2.05) is 12.3 Å². The van der Waals surface area contributed by atoms with Crippen LogP contribution in [0.1, 0.15) is 0 Å². The topological polar surface area (TPSA) is 130 Å². The minimum atomic E-state index is -3.74. The average molecular weight is 460 g/mol. The molecule has 8 nitrogen and oxygen atoms in total. The normalized spacial score (nSPS) is 12.1. The molecule has 0 aliphatic heterocycles. The average Bonchev–Trinajstić information content (AvgIpc) is 2.61. The maximum Gasteiger partial charge on any atom is 0.238 e. The molecule has 0 spiro atoms. The summed E-state index contributed by atoms with van der Waals surface area (Å²) in [5.41, 5.74) is 1.23. The second kappa shape index (κ2) is 9.33. The molecule has 11 heteroatoms. The second-order valence-corrected chi connectivity index (χ2v) is 8.38. The van der Waals surface area contributed by atoms with Crippen molar-refractivity contribution >= 4 is 55.2 Å². The number of nitrogens with zero attached hydrogens (tertiary/aromatic N) is 2. The van der Waals surface area contributed by atoms with Crippen LogP contribution in [0.4, 0.5) is 17.5 Å². The Morgan fingerprint density at radius 1 is 1.38 bits per heavy atom. The van der Waals surface area contributed by atoms with Crippen LogP contribution in [0.15, 0.2) is 51.6 Å². The Morgan fingerprint density at radius 3 is 2.65 bits per heavy atom. The smallest absolute Gasteiger partial charge is 0.238 e. The highest BCUT2D eigenvalue weighted by atomic mass is 79.9. The first-order valence-corrected chi connectivity index (χ1v) is 11.0. The van der Waals surface area contributed by atoms with Gasteiger partial charge in [-0.05, 0) is 46.5 Å². The zero-order valence-electron chi connectivity index (χ0n) is 13.8. The van der Waals surface area contributed by atoms with Crippen molar-refractivity contribution in [1.82, 2.24) is 9.97 Å². The molecule has 0 atom stereocenters. The van der Waals surface area contributed by atoms with E-state index >= 15 is 0 Å². The first-order chi connectivity index (χ1) is 12.3. The van der Waals surface area contributed by atoms with Crippen molar-refractivity contribution in [3.8, 4) is 0 Å². The van der Waals surface area contributed by atoms with Crippen molar-refractivity contribution < 1.29 is 13.5 Å². The van der Waals surface area contributed by atoms with Gasteiger partial charge in [0.25, 0.3) is 0 Å². The highest BCUT2D eigenvalue weighted by molar-refractivity contribution is 9.10. The highest BCUT2D eigenvalue weighted by Gasteiger charge is 2.09. The second-order valence-electron chi connectivity index (χ2n) is 5.05. The van der Waals surface area contributed by atoms with Gasteiger partial charge in [0.2, 0.25) is 16.0 Å². The van der Waals surface area contributed by atoms with E-state index in [4.69, 9.17) is 5.14 Å². The third kappa shape index (κ3) is 5.95. The standard InChI is InChI=1S/C15H18BrN5O3S2/c1-25-7-6-11(9-22)19-14-13(16)8-18-15(21-14)20-10-2-4-12(5-3-10)26(17,23)24/h2-6,8,22H,7,9H2,1H3,(H2,17,23,24)(H2,18,19,20,21)/b11-6+. The lowest BCUT2D eigenvalue weighted by Gasteiger charge is -2.12. The molecule has 0 amide bonds. The number of anilines is 3. The van der Waals surface area contributed by atoms with Gasteiger partial charge in [0.05, 0.1) is 16.0 Å². The zero-order chi connectivity index (χ0) is 19.2. The molecule has 2 rings (SSSR count). The summed E-state index contributed by atoms with van der Waals surface area (Å²) >= 11 is 4.99. The van der Waals surface area contributed by atoms with Crippen molar-refractivity contribution in [2.24, 2.45) is 5.14 Å². The molecule has 5 N–H and O–H groups in total. The van der Waals surface area contributed by atoms with Crippen LogP contribution in [0.5, 0.6) is 0 Å². The minimum absolute atomic E-state index is 0.0219. The number of halogens is 1. The molecule has 1 heterocycles. The van der Waals surface area contributed by atoms with Crippen LogP contribution in [-0.2, 0) is 10.0 Å². The molecule has 0 saturated carbocycles. The lowest BCUT2D eigenvalue weighted by molar-refractivity contribution is 0.332. The van der Waals surface area contributed by atoms with E-state index in [1.165, 1.54) is 12.1 Å². The molecule has 1 aromatic heterocycles. The van der Waals surface area contributed by atoms with E-state index in [1.54, 1.807) is 30.1 Å². The van der Waals surface area contributed by atoms with Crippen molar-refractivity contribution in [2.45, 2.75) is 4.90 Å². The number of sulfonamides is 1. The third-order valence-electron chi connectivity index (χ3n) is 3.13. The van der Waals surface area contributed by atoms with Crippen molar-refractivity contribution in [1.29, 1.82) is 0 Å². The number of hydrogen-bond donors (Lipinski definition) is 4. The van der Waals surface area contributed by atoms with Gasteiger partial charge in [-0.1, -0.05) is 6.08 Å². The van der Waals surface area contributed by atoms with Crippen LogP contribution in [0, 0.1) is 0 Å². The predicted molar refractivity (Wildman–Crippen MR) is 108 cm³/mol. The number of rotatable bonds is 8. The molecule has 0 aliphatic rings. The molecule has 0 unspecified atom stereocenters. The largest absolute Gasteiger partial charge is 0.390 e. The van der Waals surface area contributed by atoms with E-state index in [9.17, 15) is 13.5 Å². The van der Waals surface area contributed by atoms with Crippen LogP contribution in [0.25, 0.3) is 0 Å². The summed E-state index contributed by atoms with van der Waals surface area (Å²) in [5, 5.41) is 20.5. The summed E-state index contributed by atoms with van der Waals surface area (Å²) in [6.07, 6.45) is 5.41. The predicted octanol–water partition coefficient (Wildman–Crippen LogP) is 2.28. The van der Waals surface area contributed by atoms with E-state index < -0.39 is 10.0 Å². The minimum Gasteiger partial charge on any atom is -0.390 e. The molecule has 0 aliphatic carbocycles. The number of aliphatic hydroxyl groups is 1. The zero-order valence-corrected chi connectivity index (χ0v) is 17.0. The fourth-order valence-electron chi connectivity index (χ4n) is 1.86. The number of aromatic nitrogens is 2. The molecule has 0 fully saturated rings. The van der Waals surface area contributed by atoms with Gasteiger partial charge in [-0.2, -0.15) is 16.7 Å². The molecule has 0 saturated heterocycles. The van der Waals surface area contributed by atoms with Crippen LogP contribution < -0.4 is 15.8 Å². The van der Waals surface area contributed by atoms with Crippen LogP contribution >= 0.6 is 27.7 Å². The lowest BCUT2D eigenvalue weighted by atomic mass is 10.3. The Balaban J connectivity index is 2.18. The highest BCUT2D eigenvalue weighted by Crippen LogP contribution is 2.23. The fraction of sp³-hybridized carbons (Fsp3) is 0.200. The number of aliphatic hydroxyl groups excluding tert-OH is 1. The van der Waals surface area contributed by atoms with Crippen LogP contribution in [-0.4, -0.2) is 42.1 Å². The van der Waals surface area contributed by atoms with Crippen molar-refractivity contribution in [3.05, 3.63) is 46.7 Å². The maximum atomic E-state index is 11.3. The van der Waals surface area contributed by atoms with Gasteiger partial charge < -0.3 is 15.7 Å². The number of benzene rings is 1. The number of nitrogens with two attached hydrogens (primary N) is 1. The number of primary sulfonamides is 1. The van der Waals surface area contributed by atoms with E-state index in [0.29, 0.717) is 27.6 Å². The van der Waals surface area contributed by atoms with Crippen molar-refractivity contribution in [3.63, 3.8) is 0 Å². The van der Waals surface area contributed by atoms with Crippen molar-refractivity contribution in [2.75, 3.05) is 29.2 Å². The van der Waals surface area contributed by atoms with Gasteiger partial charge in [-0.15, -0.1) is 0 Å². The monoisotopic (exact) mass is 459 g/mol. The summed E-state index contributed by atoms with van der Waals surface area (Å²) in [6.45, 7) is -0.144. The first-order valence-electron chi connectivity index (χ1n) is 7.31. The molecule has 140 valence electrons. The van der Waals surface area contributed by atoms with Gasteiger partial charge in [0, 0.05) is 23.3 Å². The number of thioether (sulfide) groups is 1. The molecular formula is C15H18BrN5O3S2. The Labute approximate surface area is 164 Å². The summed E-state index contributed by atoms with van der Waals surface area (Å²) in [7, 11) is -3.74. The summed E-state index contributed by atoms with van der Waals surface area (Å²) in [6, 6.07) is 5.92. The van der Waals surface area contributed by atoms with Crippen LogP contribution in [0.2, 0.25) is 0 Å². The number of nitrogens with one attached hydrogen (secondary N) is 2. The van der Waals surface area contributed by atoms with Gasteiger partial charge in [0.1, 0.15) is 5.82 Å². The summed E-state index contributed by atoms with van der Waals surface area (Å²) in [4.78, 5) is 8.54. The quantitative estimate of drug-likeness (QED) is 0.472. The van der Waals surface area contributed by atoms with Gasteiger partial charge >= 0.3 is 0 Å². The molecular weight excluding hydrogens is 442 g/mol. The third-order valence-corrected chi connectivity index (χ3v) is 5.14. The Morgan fingerprint density at radius 2 is 2.08 bits per heavy atom.